The molecule has 23 heavy (non-hydrogen) atoms. The van der Waals surface area contributed by atoms with Crippen molar-refractivity contribution in [3.05, 3.63) is 71.2 Å². The summed E-state index contributed by atoms with van der Waals surface area (Å²) in [6.45, 7) is 0. The van der Waals surface area contributed by atoms with Crippen LogP contribution in [0, 0.1) is 5.82 Å². The summed E-state index contributed by atoms with van der Waals surface area (Å²) in [7, 11) is 0. The van der Waals surface area contributed by atoms with Crippen LogP contribution in [0.5, 0.6) is 0 Å². The monoisotopic (exact) mass is 314 g/mol. The number of nitrogens with one attached hydrogen (secondary N) is 1. The minimum Gasteiger partial charge on any atom is -0.504 e. The zero-order valence-electron chi connectivity index (χ0n) is 11.7. The predicted octanol–water partition coefficient (Wildman–Crippen LogP) is 2.30. The van der Waals surface area contributed by atoms with E-state index in [-0.39, 0.29) is 11.6 Å². The number of aromatic nitrogens is 4. The first-order valence-electron chi connectivity index (χ1n) is 6.62. The van der Waals surface area contributed by atoms with Gasteiger partial charge in [-0.25, -0.2) is 4.39 Å². The maximum Gasteiger partial charge on any atom is 0.239 e. The largest absolute Gasteiger partial charge is 0.504 e. The van der Waals surface area contributed by atoms with Gasteiger partial charge in [0.2, 0.25) is 5.82 Å². The second-order valence-electron chi connectivity index (χ2n) is 4.74. The van der Waals surface area contributed by atoms with Gasteiger partial charge in [0.05, 0.1) is 11.8 Å². The van der Waals surface area contributed by atoms with E-state index in [0.717, 1.165) is 11.6 Å². The van der Waals surface area contributed by atoms with E-state index in [4.69, 9.17) is 4.42 Å². The number of benzene rings is 1. The second kappa shape index (κ2) is 6.22. The Hall–Kier alpha value is -3.29. The van der Waals surface area contributed by atoms with Crippen molar-refractivity contribution in [1.82, 2.24) is 20.6 Å². The Kier molecular flexibility index (Phi) is 3.96. The molecule has 0 atom stereocenters. The molecule has 3 aromatic rings. The molecule has 0 aliphatic rings. The third-order valence-corrected chi connectivity index (χ3v) is 3.16. The summed E-state index contributed by atoms with van der Waals surface area (Å²) in [5.74, 6) is -1.28. The topological polar surface area (TPSA) is 105 Å². The van der Waals surface area contributed by atoms with E-state index in [1.165, 1.54) is 24.7 Å². The maximum absolute atomic E-state index is 12.9. The first-order valence-corrected chi connectivity index (χ1v) is 6.62. The fourth-order valence-corrected chi connectivity index (χ4v) is 2.04. The van der Waals surface area contributed by atoms with Crippen molar-refractivity contribution in [1.29, 1.82) is 0 Å². The van der Waals surface area contributed by atoms with Gasteiger partial charge < -0.3 is 9.52 Å². The SMILES string of the molecule is O=C(C=C(O)c1nn[nH]n1)c1cocc1Cc1ccc(F)cc1. The summed E-state index contributed by atoms with van der Waals surface area (Å²) < 4.78 is 18.0. The van der Waals surface area contributed by atoms with E-state index in [1.807, 2.05) is 0 Å². The fraction of sp³-hybridized carbons (Fsp3) is 0.0667. The highest BCUT2D eigenvalue weighted by atomic mass is 19.1. The fourth-order valence-electron chi connectivity index (χ4n) is 2.04. The van der Waals surface area contributed by atoms with E-state index in [9.17, 15) is 14.3 Å². The molecule has 1 aromatic carbocycles. The second-order valence-corrected chi connectivity index (χ2v) is 4.74. The first kappa shape index (κ1) is 14.6. The van der Waals surface area contributed by atoms with Gasteiger partial charge >= 0.3 is 0 Å². The number of aliphatic hydroxyl groups excluding tert-OH is 1. The van der Waals surface area contributed by atoms with E-state index < -0.39 is 11.5 Å². The Morgan fingerprint density at radius 1 is 1.30 bits per heavy atom. The van der Waals surface area contributed by atoms with Crippen molar-refractivity contribution < 1.29 is 18.7 Å². The van der Waals surface area contributed by atoms with Gasteiger partial charge in [0.15, 0.2) is 11.5 Å². The Morgan fingerprint density at radius 3 is 2.78 bits per heavy atom. The molecule has 2 N–H and O–H groups in total. The molecular formula is C15H11FN4O3. The molecule has 0 spiro atoms. The van der Waals surface area contributed by atoms with E-state index in [0.29, 0.717) is 17.5 Å². The molecule has 8 heteroatoms. The number of aromatic amines is 1. The number of furan rings is 1. The summed E-state index contributed by atoms with van der Waals surface area (Å²) in [5.41, 5.74) is 1.75. The van der Waals surface area contributed by atoms with Crippen molar-refractivity contribution in [3.63, 3.8) is 0 Å². The highest BCUT2D eigenvalue weighted by molar-refractivity contribution is 6.08. The molecule has 116 valence electrons. The number of hydrogen-bond acceptors (Lipinski definition) is 6. The molecule has 2 aromatic heterocycles. The van der Waals surface area contributed by atoms with Gasteiger partial charge in [-0.2, -0.15) is 5.21 Å². The normalized spacial score (nSPS) is 11.6. The quantitative estimate of drug-likeness (QED) is 0.425. The maximum atomic E-state index is 12.9. The van der Waals surface area contributed by atoms with Crippen LogP contribution in [-0.4, -0.2) is 31.5 Å². The van der Waals surface area contributed by atoms with Gasteiger partial charge in [0, 0.05) is 18.1 Å². The molecule has 0 bridgehead atoms. The van der Waals surface area contributed by atoms with Gasteiger partial charge in [-0.3, -0.25) is 4.79 Å². The van der Waals surface area contributed by atoms with E-state index >= 15 is 0 Å². The number of ketones is 1. The Bertz CT molecular complexity index is 838. The van der Waals surface area contributed by atoms with Crippen LogP contribution in [0.15, 0.2) is 47.3 Å². The number of carbonyl (C=O) groups excluding carboxylic acids is 1. The van der Waals surface area contributed by atoms with E-state index in [1.54, 1.807) is 12.1 Å². The standard InChI is InChI=1S/C15H11FN4O3/c16-11-3-1-9(2-4-11)5-10-7-23-8-12(10)13(21)6-14(22)15-17-19-20-18-15/h1-4,6-8,22H,5H2,(H,17,18,19,20). The molecule has 0 aliphatic heterocycles. The van der Waals surface area contributed by atoms with Crippen molar-refractivity contribution in [2.75, 3.05) is 0 Å². The zero-order chi connectivity index (χ0) is 16.2. The molecule has 0 radical (unpaired) electrons. The number of halogens is 1. The van der Waals surface area contributed by atoms with Crippen LogP contribution < -0.4 is 0 Å². The lowest BCUT2D eigenvalue weighted by atomic mass is 10.0. The average Bonchev–Trinajstić information content (AvgIpc) is 3.20. The number of carbonyl (C=O) groups is 1. The van der Waals surface area contributed by atoms with Gasteiger partial charge in [-0.05, 0) is 22.9 Å². The van der Waals surface area contributed by atoms with Crippen molar-refractivity contribution in [3.8, 4) is 0 Å². The summed E-state index contributed by atoms with van der Waals surface area (Å²) in [6.07, 6.45) is 4.12. The number of allylic oxidation sites excluding steroid dienone is 1. The van der Waals surface area contributed by atoms with Gasteiger partial charge in [-0.15, -0.1) is 10.2 Å². The lowest BCUT2D eigenvalue weighted by Gasteiger charge is -2.01. The molecule has 3 rings (SSSR count). The third kappa shape index (κ3) is 3.31. The van der Waals surface area contributed by atoms with Crippen LogP contribution in [0.1, 0.15) is 27.3 Å². The van der Waals surface area contributed by atoms with Crippen LogP contribution in [0.4, 0.5) is 4.39 Å². The number of hydrogen-bond donors (Lipinski definition) is 2. The summed E-state index contributed by atoms with van der Waals surface area (Å²) in [6, 6.07) is 5.95. The minimum absolute atomic E-state index is 0.0815. The van der Waals surface area contributed by atoms with Crippen molar-refractivity contribution in [2.45, 2.75) is 6.42 Å². The van der Waals surface area contributed by atoms with Crippen LogP contribution in [0.25, 0.3) is 5.76 Å². The third-order valence-electron chi connectivity index (χ3n) is 3.16. The Morgan fingerprint density at radius 2 is 2.09 bits per heavy atom. The highest BCUT2D eigenvalue weighted by Gasteiger charge is 2.15. The Balaban J connectivity index is 1.81. The summed E-state index contributed by atoms with van der Waals surface area (Å²) >= 11 is 0. The molecule has 7 nitrogen and oxygen atoms in total. The van der Waals surface area contributed by atoms with Gasteiger partial charge in [-0.1, -0.05) is 12.1 Å². The molecule has 0 saturated carbocycles. The van der Waals surface area contributed by atoms with Crippen LogP contribution in [-0.2, 0) is 6.42 Å². The van der Waals surface area contributed by atoms with Gasteiger partial charge in [0.25, 0.3) is 0 Å². The van der Waals surface area contributed by atoms with Gasteiger partial charge in [0.1, 0.15) is 12.1 Å². The van der Waals surface area contributed by atoms with Crippen molar-refractivity contribution in [2.24, 2.45) is 0 Å². The highest BCUT2D eigenvalue weighted by Crippen LogP contribution is 2.18. The molecule has 0 saturated heterocycles. The lowest BCUT2D eigenvalue weighted by molar-refractivity contribution is 0.104. The number of tetrazole rings is 1. The first-order chi connectivity index (χ1) is 11.1. The molecule has 0 aliphatic carbocycles. The van der Waals surface area contributed by atoms with Crippen LogP contribution in [0.3, 0.4) is 0 Å². The molecule has 0 amide bonds. The Labute approximate surface area is 129 Å². The smallest absolute Gasteiger partial charge is 0.239 e. The van der Waals surface area contributed by atoms with Crippen LogP contribution in [0.2, 0.25) is 0 Å². The zero-order valence-corrected chi connectivity index (χ0v) is 11.7. The number of H-pyrrole nitrogens is 1. The molecule has 0 unspecified atom stereocenters. The number of aliphatic hydroxyl groups is 1. The number of rotatable bonds is 5. The predicted molar refractivity (Wildman–Crippen MR) is 77.0 cm³/mol. The molecule has 0 fully saturated rings. The summed E-state index contributed by atoms with van der Waals surface area (Å²) in [4.78, 5) is 12.2. The molecule has 2 heterocycles. The number of nitrogens with zero attached hydrogens (tertiary/aromatic N) is 3. The molecular weight excluding hydrogens is 303 g/mol. The average molecular weight is 314 g/mol. The van der Waals surface area contributed by atoms with E-state index in [2.05, 4.69) is 20.6 Å². The van der Waals surface area contributed by atoms with Crippen molar-refractivity contribution >= 4 is 11.5 Å². The minimum atomic E-state index is -0.460. The van der Waals surface area contributed by atoms with Crippen LogP contribution >= 0.6 is 0 Å². The lowest BCUT2D eigenvalue weighted by Crippen LogP contribution is -2.00. The summed E-state index contributed by atoms with van der Waals surface area (Å²) in [5, 5.41) is 22.4.